The molecule has 4 nitrogen and oxygen atoms in total. The molecular weight excluding hydrogens is 348 g/mol. The lowest BCUT2D eigenvalue weighted by Gasteiger charge is -2.14. The van der Waals surface area contributed by atoms with Crippen molar-refractivity contribution in [3.05, 3.63) is 90.8 Å². The minimum atomic E-state index is 0.727. The van der Waals surface area contributed by atoms with E-state index in [1.54, 1.807) is 14.2 Å². The van der Waals surface area contributed by atoms with E-state index in [1.165, 1.54) is 5.56 Å². The van der Waals surface area contributed by atoms with Gasteiger partial charge in [-0.25, -0.2) is 4.98 Å². The summed E-state index contributed by atoms with van der Waals surface area (Å²) in [6, 6.07) is 24.6. The van der Waals surface area contributed by atoms with Crippen molar-refractivity contribution in [2.75, 3.05) is 14.2 Å². The number of methoxy groups -OCH3 is 2. The maximum Gasteiger partial charge on any atom is 0.140 e. The molecular formula is C24H22N2O2. The van der Waals surface area contributed by atoms with Crippen molar-refractivity contribution in [3.8, 4) is 34.0 Å². The van der Waals surface area contributed by atoms with Crippen LogP contribution in [0.4, 0.5) is 0 Å². The van der Waals surface area contributed by atoms with E-state index in [9.17, 15) is 0 Å². The lowest BCUT2D eigenvalue weighted by molar-refractivity contribution is 0.414. The molecule has 0 aliphatic heterocycles. The first kappa shape index (κ1) is 17.9. The zero-order valence-electron chi connectivity index (χ0n) is 16.0. The van der Waals surface area contributed by atoms with Crippen LogP contribution < -0.4 is 9.47 Å². The van der Waals surface area contributed by atoms with Crippen LogP contribution in [0.15, 0.2) is 85.2 Å². The summed E-state index contributed by atoms with van der Waals surface area (Å²) in [5.41, 5.74) is 4.51. The molecule has 4 heteroatoms. The predicted octanol–water partition coefficient (Wildman–Crippen LogP) is 5.28. The molecule has 0 radical (unpaired) electrons. The van der Waals surface area contributed by atoms with Gasteiger partial charge in [-0.1, -0.05) is 42.5 Å². The van der Waals surface area contributed by atoms with Crippen molar-refractivity contribution < 1.29 is 9.47 Å². The Labute approximate surface area is 165 Å². The van der Waals surface area contributed by atoms with E-state index in [2.05, 4.69) is 45.9 Å². The first-order valence-corrected chi connectivity index (χ1v) is 9.16. The molecule has 0 saturated heterocycles. The van der Waals surface area contributed by atoms with Crippen LogP contribution >= 0.6 is 0 Å². The molecule has 3 aromatic carbocycles. The highest BCUT2D eigenvalue weighted by Gasteiger charge is 2.14. The molecule has 0 aliphatic carbocycles. The number of aromatic nitrogens is 2. The summed E-state index contributed by atoms with van der Waals surface area (Å²) < 4.78 is 12.9. The molecule has 4 rings (SSSR count). The lowest BCUT2D eigenvalue weighted by atomic mass is 9.98. The summed E-state index contributed by atoms with van der Waals surface area (Å²) in [5.74, 6) is 2.58. The van der Waals surface area contributed by atoms with Crippen LogP contribution in [0.25, 0.3) is 22.5 Å². The van der Waals surface area contributed by atoms with Gasteiger partial charge in [-0.15, -0.1) is 0 Å². The van der Waals surface area contributed by atoms with Gasteiger partial charge in [0.25, 0.3) is 0 Å². The van der Waals surface area contributed by atoms with Gasteiger partial charge in [0.2, 0.25) is 0 Å². The summed E-state index contributed by atoms with van der Waals surface area (Å²) >= 11 is 0. The zero-order chi connectivity index (χ0) is 19.3. The normalized spacial score (nSPS) is 10.6. The fraction of sp³-hybridized carbons (Fsp3) is 0.125. The van der Waals surface area contributed by atoms with Crippen LogP contribution in [0.1, 0.15) is 5.56 Å². The smallest absolute Gasteiger partial charge is 0.140 e. The minimum absolute atomic E-state index is 0.727. The largest absolute Gasteiger partial charge is 0.497 e. The standard InChI is InChI=1S/C24H22N2O2/c1-27-20-10-8-18(9-11-20)17-26-15-14-25-24(26)23-16-21(28-2)12-13-22(23)19-6-4-3-5-7-19/h3-16H,17H2,1-2H3. The lowest BCUT2D eigenvalue weighted by Crippen LogP contribution is -2.02. The summed E-state index contributed by atoms with van der Waals surface area (Å²) in [7, 11) is 3.36. The minimum Gasteiger partial charge on any atom is -0.497 e. The second-order valence-corrected chi connectivity index (χ2v) is 6.50. The van der Waals surface area contributed by atoms with E-state index in [4.69, 9.17) is 9.47 Å². The Bertz CT molecular complexity index is 1050. The van der Waals surface area contributed by atoms with Gasteiger partial charge in [0, 0.05) is 24.5 Å². The Morgan fingerprint density at radius 3 is 2.21 bits per heavy atom. The van der Waals surface area contributed by atoms with Gasteiger partial charge < -0.3 is 14.0 Å². The molecule has 0 N–H and O–H groups in total. The fourth-order valence-electron chi connectivity index (χ4n) is 3.31. The van der Waals surface area contributed by atoms with Gasteiger partial charge >= 0.3 is 0 Å². The Hall–Kier alpha value is -3.53. The van der Waals surface area contributed by atoms with Crippen LogP contribution in [0.2, 0.25) is 0 Å². The summed E-state index contributed by atoms with van der Waals surface area (Å²) in [6.45, 7) is 0.727. The van der Waals surface area contributed by atoms with Gasteiger partial charge in [0.05, 0.1) is 14.2 Å². The van der Waals surface area contributed by atoms with Gasteiger partial charge in [-0.2, -0.15) is 0 Å². The summed E-state index contributed by atoms with van der Waals surface area (Å²) in [5, 5.41) is 0. The van der Waals surface area contributed by atoms with Gasteiger partial charge in [-0.3, -0.25) is 0 Å². The van der Waals surface area contributed by atoms with Crippen molar-refractivity contribution in [1.82, 2.24) is 9.55 Å². The highest BCUT2D eigenvalue weighted by atomic mass is 16.5. The molecule has 0 saturated carbocycles. The fourth-order valence-corrected chi connectivity index (χ4v) is 3.31. The molecule has 140 valence electrons. The quantitative estimate of drug-likeness (QED) is 0.463. The number of ether oxygens (including phenoxy) is 2. The summed E-state index contributed by atoms with van der Waals surface area (Å²) in [6.07, 6.45) is 3.85. The van der Waals surface area contributed by atoms with Crippen molar-refractivity contribution in [1.29, 1.82) is 0 Å². The predicted molar refractivity (Wildman–Crippen MR) is 112 cm³/mol. The molecule has 4 aromatic rings. The molecule has 0 atom stereocenters. The molecule has 28 heavy (non-hydrogen) atoms. The number of rotatable bonds is 6. The van der Waals surface area contributed by atoms with Crippen LogP contribution in [0, 0.1) is 0 Å². The zero-order valence-corrected chi connectivity index (χ0v) is 16.0. The van der Waals surface area contributed by atoms with E-state index in [0.717, 1.165) is 40.6 Å². The maximum absolute atomic E-state index is 5.48. The van der Waals surface area contributed by atoms with Gasteiger partial charge in [0.15, 0.2) is 0 Å². The number of hydrogen-bond acceptors (Lipinski definition) is 3. The van der Waals surface area contributed by atoms with Crippen LogP contribution in [0.3, 0.4) is 0 Å². The molecule has 1 aromatic heterocycles. The first-order valence-electron chi connectivity index (χ1n) is 9.16. The third-order valence-electron chi connectivity index (χ3n) is 4.78. The number of benzene rings is 3. The molecule has 0 fully saturated rings. The van der Waals surface area contributed by atoms with E-state index >= 15 is 0 Å². The Morgan fingerprint density at radius 1 is 0.786 bits per heavy atom. The third-order valence-corrected chi connectivity index (χ3v) is 4.78. The van der Waals surface area contributed by atoms with E-state index in [-0.39, 0.29) is 0 Å². The van der Waals surface area contributed by atoms with Crippen molar-refractivity contribution in [3.63, 3.8) is 0 Å². The Balaban J connectivity index is 1.76. The van der Waals surface area contributed by atoms with Crippen molar-refractivity contribution >= 4 is 0 Å². The Kier molecular flexibility index (Phi) is 5.11. The van der Waals surface area contributed by atoms with Crippen LogP contribution in [-0.4, -0.2) is 23.8 Å². The highest BCUT2D eigenvalue weighted by molar-refractivity contribution is 5.81. The van der Waals surface area contributed by atoms with Crippen molar-refractivity contribution in [2.45, 2.75) is 6.54 Å². The molecule has 0 bridgehead atoms. The van der Waals surface area contributed by atoms with Crippen LogP contribution in [0.5, 0.6) is 11.5 Å². The average molecular weight is 370 g/mol. The monoisotopic (exact) mass is 370 g/mol. The maximum atomic E-state index is 5.48. The number of imidazole rings is 1. The highest BCUT2D eigenvalue weighted by Crippen LogP contribution is 2.34. The van der Waals surface area contributed by atoms with E-state index in [0.29, 0.717) is 0 Å². The first-order chi connectivity index (χ1) is 13.8. The van der Waals surface area contributed by atoms with Gasteiger partial charge in [-0.05, 0) is 47.0 Å². The average Bonchev–Trinajstić information content (AvgIpc) is 3.22. The molecule has 1 heterocycles. The molecule has 0 aliphatic rings. The molecule has 0 unspecified atom stereocenters. The molecule has 0 amide bonds. The summed E-state index contributed by atoms with van der Waals surface area (Å²) in [4.78, 5) is 4.66. The van der Waals surface area contributed by atoms with E-state index in [1.807, 2.05) is 48.8 Å². The Morgan fingerprint density at radius 2 is 1.50 bits per heavy atom. The topological polar surface area (TPSA) is 36.3 Å². The second kappa shape index (κ2) is 8.01. The van der Waals surface area contributed by atoms with Gasteiger partial charge in [0.1, 0.15) is 17.3 Å². The second-order valence-electron chi connectivity index (χ2n) is 6.50. The van der Waals surface area contributed by atoms with Crippen molar-refractivity contribution in [2.24, 2.45) is 0 Å². The third kappa shape index (κ3) is 3.62. The van der Waals surface area contributed by atoms with Crippen LogP contribution in [-0.2, 0) is 6.54 Å². The SMILES string of the molecule is COc1ccc(Cn2ccnc2-c2cc(OC)ccc2-c2ccccc2)cc1. The number of nitrogens with zero attached hydrogens (tertiary/aromatic N) is 2. The molecule has 0 spiro atoms. The number of hydrogen-bond donors (Lipinski definition) is 0. The van der Waals surface area contributed by atoms with E-state index < -0.39 is 0 Å².